The van der Waals surface area contributed by atoms with E-state index in [9.17, 15) is 4.79 Å². The van der Waals surface area contributed by atoms with Gasteiger partial charge in [0.2, 0.25) is 0 Å². The van der Waals surface area contributed by atoms with Gasteiger partial charge in [0.05, 0.1) is 13.0 Å². The first-order chi connectivity index (χ1) is 8.15. The third-order valence-corrected chi connectivity index (χ3v) is 2.74. The van der Waals surface area contributed by atoms with Crippen molar-refractivity contribution in [2.45, 2.75) is 33.2 Å². The van der Waals surface area contributed by atoms with Gasteiger partial charge in [-0.15, -0.1) is 0 Å². The van der Waals surface area contributed by atoms with Crippen LogP contribution in [-0.2, 0) is 9.53 Å². The zero-order chi connectivity index (χ0) is 12.7. The van der Waals surface area contributed by atoms with Crippen molar-refractivity contribution in [3.05, 3.63) is 35.4 Å². The molecule has 1 unspecified atom stereocenters. The number of benzene rings is 1. The molecule has 0 aromatic heterocycles. The van der Waals surface area contributed by atoms with Crippen molar-refractivity contribution in [3.63, 3.8) is 0 Å². The minimum absolute atomic E-state index is 0.142. The molecule has 0 aliphatic rings. The first-order valence-corrected chi connectivity index (χ1v) is 6.09. The fourth-order valence-electron chi connectivity index (χ4n) is 1.81. The zero-order valence-electron chi connectivity index (χ0n) is 10.8. The van der Waals surface area contributed by atoms with Crippen molar-refractivity contribution in [1.29, 1.82) is 0 Å². The van der Waals surface area contributed by atoms with Crippen LogP contribution in [0.2, 0.25) is 0 Å². The van der Waals surface area contributed by atoms with Crippen LogP contribution in [0.4, 0.5) is 0 Å². The standard InChI is InChI=1S/C14H21NO2/c1-4-17-14(16)9-10-15-12(3)13-8-6-5-7-11(13)2/h5-8,12,15H,4,9-10H2,1-3H3. The maximum atomic E-state index is 11.2. The van der Waals surface area contributed by atoms with E-state index in [1.165, 1.54) is 11.1 Å². The smallest absolute Gasteiger partial charge is 0.307 e. The summed E-state index contributed by atoms with van der Waals surface area (Å²) in [5, 5.41) is 3.33. The van der Waals surface area contributed by atoms with Gasteiger partial charge < -0.3 is 10.1 Å². The Morgan fingerprint density at radius 2 is 2.12 bits per heavy atom. The maximum absolute atomic E-state index is 11.2. The lowest BCUT2D eigenvalue weighted by Gasteiger charge is -2.16. The van der Waals surface area contributed by atoms with Crippen LogP contribution in [0, 0.1) is 6.92 Å². The van der Waals surface area contributed by atoms with Crippen LogP contribution in [0.5, 0.6) is 0 Å². The van der Waals surface area contributed by atoms with Crippen molar-refractivity contribution >= 4 is 5.97 Å². The monoisotopic (exact) mass is 235 g/mol. The third-order valence-electron chi connectivity index (χ3n) is 2.74. The van der Waals surface area contributed by atoms with Crippen molar-refractivity contribution in [1.82, 2.24) is 5.32 Å². The average Bonchev–Trinajstić information content (AvgIpc) is 2.29. The van der Waals surface area contributed by atoms with Crippen molar-refractivity contribution in [3.8, 4) is 0 Å². The lowest BCUT2D eigenvalue weighted by molar-refractivity contribution is -0.143. The van der Waals surface area contributed by atoms with E-state index in [-0.39, 0.29) is 12.0 Å². The highest BCUT2D eigenvalue weighted by atomic mass is 16.5. The van der Waals surface area contributed by atoms with Gasteiger partial charge >= 0.3 is 5.97 Å². The molecule has 0 bridgehead atoms. The van der Waals surface area contributed by atoms with Gasteiger partial charge in [-0.2, -0.15) is 0 Å². The van der Waals surface area contributed by atoms with Gasteiger partial charge in [0, 0.05) is 12.6 Å². The van der Waals surface area contributed by atoms with Gasteiger partial charge in [-0.1, -0.05) is 24.3 Å². The molecule has 0 saturated heterocycles. The molecule has 0 heterocycles. The molecule has 0 spiro atoms. The molecule has 0 radical (unpaired) electrons. The topological polar surface area (TPSA) is 38.3 Å². The Morgan fingerprint density at radius 3 is 2.76 bits per heavy atom. The largest absolute Gasteiger partial charge is 0.466 e. The molecule has 1 aromatic carbocycles. The molecule has 17 heavy (non-hydrogen) atoms. The van der Waals surface area contributed by atoms with Crippen LogP contribution < -0.4 is 5.32 Å². The van der Waals surface area contributed by atoms with Crippen molar-refractivity contribution < 1.29 is 9.53 Å². The molecule has 3 heteroatoms. The highest BCUT2D eigenvalue weighted by Gasteiger charge is 2.08. The number of aryl methyl sites for hydroxylation is 1. The Morgan fingerprint density at radius 1 is 1.41 bits per heavy atom. The van der Waals surface area contributed by atoms with Gasteiger partial charge in [-0.05, 0) is 31.9 Å². The van der Waals surface area contributed by atoms with Crippen LogP contribution in [0.3, 0.4) is 0 Å². The molecule has 0 fully saturated rings. The highest BCUT2D eigenvalue weighted by molar-refractivity contribution is 5.69. The minimum atomic E-state index is -0.142. The molecule has 0 aliphatic heterocycles. The van der Waals surface area contributed by atoms with Gasteiger partial charge in [0.1, 0.15) is 0 Å². The van der Waals surface area contributed by atoms with Crippen LogP contribution in [0.15, 0.2) is 24.3 Å². The first kappa shape index (κ1) is 13.7. The molecule has 1 atom stereocenters. The molecule has 0 amide bonds. The average molecular weight is 235 g/mol. The molecule has 3 nitrogen and oxygen atoms in total. The maximum Gasteiger partial charge on any atom is 0.307 e. The van der Waals surface area contributed by atoms with E-state index in [4.69, 9.17) is 4.74 Å². The quantitative estimate of drug-likeness (QED) is 0.770. The lowest BCUT2D eigenvalue weighted by Crippen LogP contribution is -2.23. The van der Waals surface area contributed by atoms with Crippen molar-refractivity contribution in [2.75, 3.05) is 13.2 Å². The number of ether oxygens (including phenoxy) is 1. The first-order valence-electron chi connectivity index (χ1n) is 6.09. The van der Waals surface area contributed by atoms with Gasteiger partial charge in [0.15, 0.2) is 0 Å². The molecule has 0 aliphatic carbocycles. The molecule has 0 saturated carbocycles. The summed E-state index contributed by atoms with van der Waals surface area (Å²) in [6.07, 6.45) is 0.421. The van der Waals surface area contributed by atoms with Crippen molar-refractivity contribution in [2.24, 2.45) is 0 Å². The summed E-state index contributed by atoms with van der Waals surface area (Å²) in [4.78, 5) is 11.2. The molecular formula is C14H21NO2. The van der Waals surface area contributed by atoms with E-state index in [0.29, 0.717) is 19.6 Å². The second-order valence-corrected chi connectivity index (χ2v) is 4.09. The Hall–Kier alpha value is -1.35. The number of rotatable bonds is 6. The van der Waals surface area contributed by atoms with Crippen LogP contribution >= 0.6 is 0 Å². The minimum Gasteiger partial charge on any atom is -0.466 e. The van der Waals surface area contributed by atoms with Gasteiger partial charge in [-0.25, -0.2) is 0 Å². The SMILES string of the molecule is CCOC(=O)CCNC(C)c1ccccc1C. The highest BCUT2D eigenvalue weighted by Crippen LogP contribution is 2.16. The number of carbonyl (C=O) groups is 1. The normalized spacial score (nSPS) is 12.2. The summed E-state index contributed by atoms with van der Waals surface area (Å²) in [6, 6.07) is 8.53. The predicted molar refractivity (Wildman–Crippen MR) is 68.8 cm³/mol. The summed E-state index contributed by atoms with van der Waals surface area (Å²) in [5.41, 5.74) is 2.54. The Bertz CT molecular complexity index is 363. The molecule has 1 N–H and O–H groups in total. The Balaban J connectivity index is 2.38. The lowest BCUT2D eigenvalue weighted by atomic mass is 10.0. The molecule has 1 aromatic rings. The van der Waals surface area contributed by atoms with Gasteiger partial charge in [-0.3, -0.25) is 4.79 Å². The number of carbonyl (C=O) groups excluding carboxylic acids is 1. The van der Waals surface area contributed by atoms with Gasteiger partial charge in [0.25, 0.3) is 0 Å². The summed E-state index contributed by atoms with van der Waals surface area (Å²) < 4.78 is 4.87. The summed E-state index contributed by atoms with van der Waals surface area (Å²) in [5.74, 6) is -0.142. The van der Waals surface area contributed by atoms with Crippen LogP contribution in [-0.4, -0.2) is 19.1 Å². The second kappa shape index (κ2) is 7.07. The van der Waals surface area contributed by atoms with Crippen LogP contribution in [0.25, 0.3) is 0 Å². The number of hydrogen-bond donors (Lipinski definition) is 1. The van der Waals surface area contributed by atoms with E-state index >= 15 is 0 Å². The van der Waals surface area contributed by atoms with E-state index in [2.05, 4.69) is 31.3 Å². The van der Waals surface area contributed by atoms with E-state index in [1.807, 2.05) is 19.1 Å². The van der Waals surface area contributed by atoms with Crippen LogP contribution in [0.1, 0.15) is 37.4 Å². The number of nitrogens with one attached hydrogen (secondary N) is 1. The number of hydrogen-bond acceptors (Lipinski definition) is 3. The summed E-state index contributed by atoms with van der Waals surface area (Å²) >= 11 is 0. The molecule has 94 valence electrons. The number of esters is 1. The van der Waals surface area contributed by atoms with E-state index in [1.54, 1.807) is 0 Å². The Labute approximate surface area is 103 Å². The zero-order valence-corrected chi connectivity index (χ0v) is 10.8. The molecule has 1 rings (SSSR count). The summed E-state index contributed by atoms with van der Waals surface area (Å²) in [7, 11) is 0. The predicted octanol–water partition coefficient (Wildman–Crippen LogP) is 2.60. The second-order valence-electron chi connectivity index (χ2n) is 4.09. The fourth-order valence-corrected chi connectivity index (χ4v) is 1.81. The third kappa shape index (κ3) is 4.57. The van der Waals surface area contributed by atoms with E-state index in [0.717, 1.165) is 0 Å². The fraction of sp³-hybridized carbons (Fsp3) is 0.500. The van der Waals surface area contributed by atoms with E-state index < -0.39 is 0 Å². The molecular weight excluding hydrogens is 214 g/mol. The Kier molecular flexibility index (Phi) is 5.70. The summed E-state index contributed by atoms with van der Waals surface area (Å²) in [6.45, 7) is 7.12.